The van der Waals surface area contributed by atoms with E-state index in [1.807, 2.05) is 6.92 Å². The van der Waals surface area contributed by atoms with E-state index in [2.05, 4.69) is 24.1 Å². The minimum Gasteiger partial charge on any atom is -0.350 e. The molecule has 0 radical (unpaired) electrons. The van der Waals surface area contributed by atoms with Crippen LogP contribution in [0.3, 0.4) is 0 Å². The number of H-pyrrole nitrogens is 1. The molecule has 2 N–H and O–H groups in total. The molecule has 1 aromatic rings. The van der Waals surface area contributed by atoms with Crippen molar-refractivity contribution in [2.75, 3.05) is 0 Å². The summed E-state index contributed by atoms with van der Waals surface area (Å²) in [5.41, 5.74) is 0.150. The molecule has 0 saturated carbocycles. The third-order valence-corrected chi connectivity index (χ3v) is 2.87. The molecule has 1 aromatic heterocycles. The fraction of sp³-hybridized carbons (Fsp3) is 0.538. The van der Waals surface area contributed by atoms with Crippen molar-refractivity contribution in [3.63, 3.8) is 0 Å². The number of carbonyl (C=O) groups is 1. The lowest BCUT2D eigenvalue weighted by Gasteiger charge is -2.17. The summed E-state index contributed by atoms with van der Waals surface area (Å²) in [6.45, 7) is 6.28. The molecule has 94 valence electrons. The minimum absolute atomic E-state index is 0.122. The van der Waals surface area contributed by atoms with Crippen LogP contribution in [0.15, 0.2) is 23.1 Å². The normalized spacial score (nSPS) is 14.1. The van der Waals surface area contributed by atoms with Crippen molar-refractivity contribution in [3.05, 3.63) is 34.2 Å². The zero-order valence-corrected chi connectivity index (χ0v) is 10.6. The Morgan fingerprint density at radius 3 is 2.76 bits per heavy atom. The Balaban J connectivity index is 2.57. The number of carbonyl (C=O) groups excluding carboxylic acids is 1. The molecule has 0 bridgehead atoms. The quantitative estimate of drug-likeness (QED) is 0.820. The number of hydrogen-bond acceptors (Lipinski definition) is 2. The molecule has 0 fully saturated rings. The SMILES string of the molecule is CCC(C)CC(C)NC(=O)c1cc[nH]c(=O)c1. The highest BCUT2D eigenvalue weighted by molar-refractivity contribution is 5.94. The van der Waals surface area contributed by atoms with Crippen molar-refractivity contribution >= 4 is 5.91 Å². The van der Waals surface area contributed by atoms with Gasteiger partial charge in [0.2, 0.25) is 5.56 Å². The van der Waals surface area contributed by atoms with Crippen molar-refractivity contribution in [3.8, 4) is 0 Å². The van der Waals surface area contributed by atoms with Crippen LogP contribution in [0.5, 0.6) is 0 Å². The summed E-state index contributed by atoms with van der Waals surface area (Å²) >= 11 is 0. The van der Waals surface area contributed by atoms with E-state index in [-0.39, 0.29) is 17.5 Å². The van der Waals surface area contributed by atoms with E-state index in [0.29, 0.717) is 11.5 Å². The summed E-state index contributed by atoms with van der Waals surface area (Å²) in [6, 6.07) is 3.04. The molecule has 0 aliphatic rings. The van der Waals surface area contributed by atoms with Crippen LogP contribution in [-0.4, -0.2) is 16.9 Å². The summed E-state index contributed by atoms with van der Waals surface area (Å²) in [5, 5.41) is 2.90. The van der Waals surface area contributed by atoms with Crippen LogP contribution in [0.2, 0.25) is 0 Å². The first-order valence-electron chi connectivity index (χ1n) is 6.02. The Kier molecular flexibility index (Phi) is 4.94. The van der Waals surface area contributed by atoms with Crippen LogP contribution in [0, 0.1) is 5.92 Å². The molecule has 1 heterocycles. The van der Waals surface area contributed by atoms with Gasteiger partial charge < -0.3 is 10.3 Å². The second kappa shape index (κ2) is 6.23. The molecular weight excluding hydrogens is 216 g/mol. The van der Waals surface area contributed by atoms with E-state index in [1.54, 1.807) is 6.07 Å². The number of rotatable bonds is 5. The lowest BCUT2D eigenvalue weighted by molar-refractivity contribution is 0.0935. The van der Waals surface area contributed by atoms with Crippen LogP contribution < -0.4 is 10.9 Å². The van der Waals surface area contributed by atoms with Crippen molar-refractivity contribution in [2.45, 2.75) is 39.7 Å². The Labute approximate surface area is 101 Å². The highest BCUT2D eigenvalue weighted by atomic mass is 16.2. The average molecular weight is 236 g/mol. The van der Waals surface area contributed by atoms with Gasteiger partial charge in [-0.25, -0.2) is 0 Å². The average Bonchev–Trinajstić information content (AvgIpc) is 2.28. The van der Waals surface area contributed by atoms with Gasteiger partial charge in [0.25, 0.3) is 5.91 Å². The Morgan fingerprint density at radius 1 is 1.47 bits per heavy atom. The summed E-state index contributed by atoms with van der Waals surface area (Å²) < 4.78 is 0. The third-order valence-electron chi connectivity index (χ3n) is 2.87. The summed E-state index contributed by atoms with van der Waals surface area (Å²) in [5.74, 6) is 0.399. The van der Waals surface area contributed by atoms with Crippen LogP contribution in [0.4, 0.5) is 0 Å². The lowest BCUT2D eigenvalue weighted by atomic mass is 10.0. The zero-order chi connectivity index (χ0) is 12.8. The van der Waals surface area contributed by atoms with E-state index in [0.717, 1.165) is 12.8 Å². The smallest absolute Gasteiger partial charge is 0.251 e. The van der Waals surface area contributed by atoms with Gasteiger partial charge in [-0.2, -0.15) is 0 Å². The number of hydrogen-bond donors (Lipinski definition) is 2. The predicted molar refractivity (Wildman–Crippen MR) is 68.1 cm³/mol. The molecule has 4 nitrogen and oxygen atoms in total. The van der Waals surface area contributed by atoms with E-state index < -0.39 is 0 Å². The number of aromatic nitrogens is 1. The molecule has 2 atom stereocenters. The first-order chi connectivity index (χ1) is 8.02. The van der Waals surface area contributed by atoms with E-state index >= 15 is 0 Å². The van der Waals surface area contributed by atoms with Gasteiger partial charge in [-0.15, -0.1) is 0 Å². The number of nitrogens with one attached hydrogen (secondary N) is 2. The highest BCUT2D eigenvalue weighted by Gasteiger charge is 2.12. The van der Waals surface area contributed by atoms with E-state index in [4.69, 9.17) is 0 Å². The molecule has 0 spiro atoms. The van der Waals surface area contributed by atoms with Gasteiger partial charge in [0, 0.05) is 23.9 Å². The fourth-order valence-corrected chi connectivity index (χ4v) is 1.72. The molecule has 0 aliphatic carbocycles. The largest absolute Gasteiger partial charge is 0.350 e. The number of pyridine rings is 1. The Hall–Kier alpha value is -1.58. The van der Waals surface area contributed by atoms with Crippen molar-refractivity contribution in [1.82, 2.24) is 10.3 Å². The molecule has 0 saturated heterocycles. The van der Waals surface area contributed by atoms with Gasteiger partial charge in [0.1, 0.15) is 0 Å². The van der Waals surface area contributed by atoms with Crippen LogP contribution in [-0.2, 0) is 0 Å². The van der Waals surface area contributed by atoms with Gasteiger partial charge in [-0.3, -0.25) is 9.59 Å². The highest BCUT2D eigenvalue weighted by Crippen LogP contribution is 2.09. The maximum absolute atomic E-state index is 11.8. The lowest BCUT2D eigenvalue weighted by Crippen LogP contribution is -2.34. The van der Waals surface area contributed by atoms with Gasteiger partial charge in [0.05, 0.1) is 0 Å². The van der Waals surface area contributed by atoms with Gasteiger partial charge in [-0.05, 0) is 25.3 Å². The molecule has 1 rings (SSSR count). The second-order valence-electron chi connectivity index (χ2n) is 4.57. The summed E-state index contributed by atoms with van der Waals surface area (Å²) in [7, 11) is 0. The summed E-state index contributed by atoms with van der Waals surface area (Å²) in [4.78, 5) is 25.4. The Morgan fingerprint density at radius 2 is 2.18 bits per heavy atom. The zero-order valence-electron chi connectivity index (χ0n) is 10.6. The standard InChI is InChI=1S/C13H20N2O2/c1-4-9(2)7-10(3)15-13(17)11-5-6-14-12(16)8-11/h5-6,8-10H,4,7H2,1-3H3,(H,14,16)(H,15,17). The van der Waals surface area contributed by atoms with Gasteiger partial charge in [-0.1, -0.05) is 20.3 Å². The van der Waals surface area contributed by atoms with Crippen molar-refractivity contribution in [1.29, 1.82) is 0 Å². The molecule has 0 aliphatic heterocycles. The van der Waals surface area contributed by atoms with Crippen LogP contribution in [0.1, 0.15) is 44.0 Å². The van der Waals surface area contributed by atoms with E-state index in [1.165, 1.54) is 12.3 Å². The molecule has 4 heteroatoms. The maximum Gasteiger partial charge on any atom is 0.251 e. The first-order valence-corrected chi connectivity index (χ1v) is 6.02. The molecule has 2 unspecified atom stereocenters. The second-order valence-corrected chi connectivity index (χ2v) is 4.57. The van der Waals surface area contributed by atoms with Gasteiger partial charge in [0.15, 0.2) is 0 Å². The van der Waals surface area contributed by atoms with E-state index in [9.17, 15) is 9.59 Å². The number of aromatic amines is 1. The molecular formula is C13H20N2O2. The first kappa shape index (κ1) is 13.5. The monoisotopic (exact) mass is 236 g/mol. The third kappa shape index (κ3) is 4.43. The minimum atomic E-state index is -0.257. The predicted octanol–water partition coefficient (Wildman–Crippen LogP) is 1.93. The van der Waals surface area contributed by atoms with Crippen molar-refractivity contribution < 1.29 is 4.79 Å². The van der Waals surface area contributed by atoms with Crippen molar-refractivity contribution in [2.24, 2.45) is 5.92 Å². The maximum atomic E-state index is 11.8. The van der Waals surface area contributed by atoms with Crippen LogP contribution >= 0.6 is 0 Å². The fourth-order valence-electron chi connectivity index (χ4n) is 1.72. The van der Waals surface area contributed by atoms with Gasteiger partial charge >= 0.3 is 0 Å². The molecule has 17 heavy (non-hydrogen) atoms. The summed E-state index contributed by atoms with van der Waals surface area (Å²) in [6.07, 6.45) is 3.53. The molecule has 0 aromatic carbocycles. The molecule has 1 amide bonds. The van der Waals surface area contributed by atoms with Crippen LogP contribution in [0.25, 0.3) is 0 Å². The number of amides is 1. The topological polar surface area (TPSA) is 62.0 Å². The Bertz CT molecular complexity index is 425.